The van der Waals surface area contributed by atoms with Crippen LogP contribution in [-0.2, 0) is 4.79 Å². The first-order valence-electron chi connectivity index (χ1n) is 8.17. The van der Waals surface area contributed by atoms with Gasteiger partial charge in [0, 0.05) is 17.0 Å². The number of rotatable bonds is 6. The van der Waals surface area contributed by atoms with Crippen LogP contribution in [0.3, 0.4) is 0 Å². The molecule has 0 aromatic heterocycles. The van der Waals surface area contributed by atoms with Gasteiger partial charge in [-0.3, -0.25) is 15.0 Å². The number of anilines is 1. The minimum atomic E-state index is -0.661. The molecule has 2 N–H and O–H groups in total. The topological polar surface area (TPSA) is 89.0 Å². The second-order valence-electron chi connectivity index (χ2n) is 5.84. The Balaban J connectivity index is 1.65. The van der Waals surface area contributed by atoms with Gasteiger partial charge in [0.15, 0.2) is 0 Å². The summed E-state index contributed by atoms with van der Waals surface area (Å²) in [5, 5.41) is 7.24. The van der Waals surface area contributed by atoms with Gasteiger partial charge in [0.2, 0.25) is 11.7 Å². The van der Waals surface area contributed by atoms with Crippen LogP contribution in [0, 0.1) is 0 Å². The van der Waals surface area contributed by atoms with Gasteiger partial charge in [-0.05, 0) is 42.5 Å². The highest BCUT2D eigenvalue weighted by atomic mass is 35.5. The molecule has 1 atom stereocenters. The number of halogens is 1. The van der Waals surface area contributed by atoms with Crippen molar-refractivity contribution >= 4 is 34.7 Å². The van der Waals surface area contributed by atoms with Gasteiger partial charge in [0.1, 0.15) is 23.3 Å². The minimum Gasteiger partial charge on any atom is -0.497 e. The lowest BCUT2D eigenvalue weighted by Crippen LogP contribution is -2.35. The van der Waals surface area contributed by atoms with E-state index in [2.05, 4.69) is 15.8 Å². The van der Waals surface area contributed by atoms with Crippen molar-refractivity contribution in [3.05, 3.63) is 53.1 Å². The summed E-state index contributed by atoms with van der Waals surface area (Å²) >= 11 is 5.97. The van der Waals surface area contributed by atoms with E-state index >= 15 is 0 Å². The highest BCUT2D eigenvalue weighted by molar-refractivity contribution is 6.46. The largest absolute Gasteiger partial charge is 0.497 e. The SMILES string of the molecule is COc1ccc(C(=O)C2=NNC(C(=O)Nc3cc(Cl)ccc3OC)C2)cc1. The number of ketones is 1. The van der Waals surface area contributed by atoms with Crippen LogP contribution in [0.1, 0.15) is 16.8 Å². The summed E-state index contributed by atoms with van der Waals surface area (Å²) in [5.41, 5.74) is 3.93. The highest BCUT2D eigenvalue weighted by Crippen LogP contribution is 2.28. The number of nitrogens with zero attached hydrogens (tertiary/aromatic N) is 1. The Labute approximate surface area is 161 Å². The van der Waals surface area contributed by atoms with Crippen molar-refractivity contribution in [2.24, 2.45) is 5.10 Å². The number of nitrogens with one attached hydrogen (secondary N) is 2. The van der Waals surface area contributed by atoms with Crippen molar-refractivity contribution in [2.45, 2.75) is 12.5 Å². The first-order chi connectivity index (χ1) is 13.0. The van der Waals surface area contributed by atoms with E-state index in [1.165, 1.54) is 7.11 Å². The zero-order valence-corrected chi connectivity index (χ0v) is 15.5. The number of hydrazone groups is 1. The van der Waals surface area contributed by atoms with E-state index in [0.29, 0.717) is 33.5 Å². The number of carbonyl (C=O) groups excluding carboxylic acids is 2. The molecule has 1 heterocycles. The molecule has 0 fully saturated rings. The molecule has 0 bridgehead atoms. The number of carbonyl (C=O) groups is 2. The van der Waals surface area contributed by atoms with Crippen LogP contribution in [0.2, 0.25) is 5.02 Å². The predicted octanol–water partition coefficient (Wildman–Crippen LogP) is 2.90. The van der Waals surface area contributed by atoms with Crippen LogP contribution in [-0.4, -0.2) is 37.7 Å². The van der Waals surface area contributed by atoms with E-state index in [4.69, 9.17) is 21.1 Å². The summed E-state index contributed by atoms with van der Waals surface area (Å²) in [7, 11) is 3.06. The standard InChI is InChI=1S/C19H18ClN3O4/c1-26-13-6-3-11(4-7-13)18(24)15-10-16(23-22-15)19(25)21-14-9-12(20)5-8-17(14)27-2/h3-9,16,23H,10H2,1-2H3,(H,21,25). The number of hydrogen-bond donors (Lipinski definition) is 2. The number of ether oxygens (including phenoxy) is 2. The van der Waals surface area contributed by atoms with Crippen molar-refractivity contribution in [3.8, 4) is 11.5 Å². The lowest BCUT2D eigenvalue weighted by atomic mass is 10.0. The Morgan fingerprint density at radius 2 is 1.89 bits per heavy atom. The molecule has 140 valence electrons. The Hall–Kier alpha value is -3.06. The van der Waals surface area contributed by atoms with Gasteiger partial charge >= 0.3 is 0 Å². The van der Waals surface area contributed by atoms with Gasteiger partial charge in [-0.25, -0.2) is 0 Å². The van der Waals surface area contributed by atoms with Gasteiger partial charge in [-0.2, -0.15) is 5.10 Å². The summed E-state index contributed by atoms with van der Waals surface area (Å²) in [6.07, 6.45) is 0.180. The fourth-order valence-electron chi connectivity index (χ4n) is 2.64. The Kier molecular flexibility index (Phi) is 5.61. The van der Waals surface area contributed by atoms with Crippen LogP contribution >= 0.6 is 11.6 Å². The molecule has 2 aromatic rings. The molecule has 3 rings (SSSR count). The van der Waals surface area contributed by atoms with E-state index in [0.717, 1.165) is 0 Å². The van der Waals surface area contributed by atoms with Gasteiger partial charge in [0.25, 0.3) is 0 Å². The predicted molar refractivity (Wildman–Crippen MR) is 103 cm³/mol. The fraction of sp³-hybridized carbons (Fsp3) is 0.211. The summed E-state index contributed by atoms with van der Waals surface area (Å²) in [4.78, 5) is 25.0. The molecular formula is C19H18ClN3O4. The number of methoxy groups -OCH3 is 2. The molecule has 0 saturated carbocycles. The second-order valence-corrected chi connectivity index (χ2v) is 6.27. The average molecular weight is 388 g/mol. The molecule has 7 nitrogen and oxygen atoms in total. The molecule has 1 aliphatic heterocycles. The van der Waals surface area contributed by atoms with Gasteiger partial charge < -0.3 is 14.8 Å². The number of benzene rings is 2. The summed E-state index contributed by atoms with van der Waals surface area (Å²) in [6.45, 7) is 0. The average Bonchev–Trinajstić information content (AvgIpc) is 3.18. The maximum absolute atomic E-state index is 12.5. The first-order valence-corrected chi connectivity index (χ1v) is 8.55. The zero-order chi connectivity index (χ0) is 19.4. The number of Topliss-reactive ketones (excluding diaryl/α,β-unsaturated/α-hetero) is 1. The third-order valence-electron chi connectivity index (χ3n) is 4.10. The van der Waals surface area contributed by atoms with Crippen molar-refractivity contribution in [1.82, 2.24) is 5.43 Å². The molecule has 0 saturated heterocycles. The molecule has 1 amide bonds. The number of hydrogen-bond acceptors (Lipinski definition) is 6. The lowest BCUT2D eigenvalue weighted by molar-refractivity contribution is -0.117. The quantitative estimate of drug-likeness (QED) is 0.744. The molecule has 1 unspecified atom stereocenters. The molecule has 0 radical (unpaired) electrons. The van der Waals surface area contributed by atoms with Crippen molar-refractivity contribution in [3.63, 3.8) is 0 Å². The smallest absolute Gasteiger partial charge is 0.249 e. The van der Waals surface area contributed by atoms with E-state index in [1.54, 1.807) is 49.6 Å². The van der Waals surface area contributed by atoms with E-state index in [-0.39, 0.29) is 18.1 Å². The third-order valence-corrected chi connectivity index (χ3v) is 4.34. The molecular weight excluding hydrogens is 370 g/mol. The van der Waals surface area contributed by atoms with Crippen LogP contribution in [0.5, 0.6) is 11.5 Å². The Morgan fingerprint density at radius 3 is 2.56 bits per heavy atom. The molecule has 1 aliphatic rings. The molecule has 2 aromatic carbocycles. The minimum absolute atomic E-state index is 0.180. The monoisotopic (exact) mass is 387 g/mol. The summed E-state index contributed by atoms with van der Waals surface area (Å²) in [6, 6.07) is 11.0. The molecule has 8 heteroatoms. The molecule has 0 aliphatic carbocycles. The Morgan fingerprint density at radius 1 is 1.15 bits per heavy atom. The van der Waals surface area contributed by atoms with Crippen LogP contribution < -0.4 is 20.2 Å². The number of amides is 1. The summed E-state index contributed by atoms with van der Waals surface area (Å²) in [5.74, 6) is 0.574. The van der Waals surface area contributed by atoms with Crippen LogP contribution in [0.4, 0.5) is 5.69 Å². The van der Waals surface area contributed by atoms with Crippen LogP contribution in [0.15, 0.2) is 47.6 Å². The Bertz CT molecular complexity index is 896. The maximum atomic E-state index is 12.5. The highest BCUT2D eigenvalue weighted by Gasteiger charge is 2.30. The van der Waals surface area contributed by atoms with Gasteiger partial charge in [-0.1, -0.05) is 11.6 Å². The van der Waals surface area contributed by atoms with Crippen LogP contribution in [0.25, 0.3) is 0 Å². The third kappa shape index (κ3) is 4.20. The fourth-order valence-corrected chi connectivity index (χ4v) is 2.81. The van der Waals surface area contributed by atoms with Crippen molar-refractivity contribution < 1.29 is 19.1 Å². The van der Waals surface area contributed by atoms with E-state index in [1.807, 2.05) is 0 Å². The maximum Gasteiger partial charge on any atom is 0.249 e. The first kappa shape index (κ1) is 18.7. The van der Waals surface area contributed by atoms with E-state index in [9.17, 15) is 9.59 Å². The van der Waals surface area contributed by atoms with Gasteiger partial charge in [-0.15, -0.1) is 0 Å². The van der Waals surface area contributed by atoms with Crippen molar-refractivity contribution in [2.75, 3.05) is 19.5 Å². The lowest BCUT2D eigenvalue weighted by Gasteiger charge is -2.13. The van der Waals surface area contributed by atoms with Gasteiger partial charge in [0.05, 0.1) is 19.9 Å². The molecule has 0 spiro atoms. The zero-order valence-electron chi connectivity index (χ0n) is 14.8. The second kappa shape index (κ2) is 8.09. The molecule has 27 heavy (non-hydrogen) atoms. The summed E-state index contributed by atoms with van der Waals surface area (Å²) < 4.78 is 10.3. The van der Waals surface area contributed by atoms with Crippen molar-refractivity contribution in [1.29, 1.82) is 0 Å². The van der Waals surface area contributed by atoms with E-state index < -0.39 is 6.04 Å². The normalized spacial score (nSPS) is 15.5.